The summed E-state index contributed by atoms with van der Waals surface area (Å²) in [6.07, 6.45) is 6.72. The van der Waals surface area contributed by atoms with Gasteiger partial charge in [0, 0.05) is 0 Å². The summed E-state index contributed by atoms with van der Waals surface area (Å²) < 4.78 is 19.3. The van der Waals surface area contributed by atoms with Crippen molar-refractivity contribution >= 4 is 35.2 Å². The van der Waals surface area contributed by atoms with E-state index in [2.05, 4.69) is 45.8 Å². The molecule has 0 heterocycles. The molecule has 0 bridgehead atoms. The van der Waals surface area contributed by atoms with Gasteiger partial charge in [-0.15, -0.1) is 0 Å². The highest BCUT2D eigenvalue weighted by molar-refractivity contribution is 6.81. The molecule has 0 aliphatic heterocycles. The predicted molar refractivity (Wildman–Crippen MR) is 96.9 cm³/mol. The minimum atomic E-state index is -1.99. The van der Waals surface area contributed by atoms with Crippen molar-refractivity contribution < 1.29 is 12.3 Å². The molecule has 0 aromatic carbocycles. The van der Waals surface area contributed by atoms with Crippen LogP contribution in [0.4, 0.5) is 0 Å². The van der Waals surface area contributed by atoms with E-state index in [-0.39, 0.29) is 0 Å². The summed E-state index contributed by atoms with van der Waals surface area (Å²) in [7, 11) is -6.16. The molecule has 1 aliphatic rings. The lowest BCUT2D eigenvalue weighted by Crippen LogP contribution is -2.50. The Bertz CT molecular complexity index is 286. The first-order valence-electron chi connectivity index (χ1n) is 8.12. The number of rotatable bonds is 7. The van der Waals surface area contributed by atoms with Crippen molar-refractivity contribution in [2.75, 3.05) is 0 Å². The molecule has 120 valence electrons. The normalized spacial score (nSPS) is 20.4. The van der Waals surface area contributed by atoms with Gasteiger partial charge in [-0.25, -0.2) is 0 Å². The second-order valence-corrected chi connectivity index (χ2v) is 21.3. The van der Waals surface area contributed by atoms with Crippen LogP contribution in [0.1, 0.15) is 32.1 Å². The summed E-state index contributed by atoms with van der Waals surface area (Å²) in [5.41, 5.74) is 0.708. The van der Waals surface area contributed by atoms with E-state index in [1.807, 2.05) is 0 Å². The first-order valence-corrected chi connectivity index (χ1v) is 18.7. The third-order valence-electron chi connectivity index (χ3n) is 3.42. The second kappa shape index (κ2) is 7.84. The van der Waals surface area contributed by atoms with E-state index >= 15 is 0 Å². The van der Waals surface area contributed by atoms with Crippen molar-refractivity contribution in [1.29, 1.82) is 0 Å². The third-order valence-corrected chi connectivity index (χ3v) is 16.0. The Morgan fingerprint density at radius 1 is 0.800 bits per heavy atom. The summed E-state index contributed by atoms with van der Waals surface area (Å²) in [6.45, 7) is 15.7. The maximum Gasteiger partial charge on any atom is 0.312 e. The molecule has 1 atom stereocenters. The van der Waals surface area contributed by atoms with Gasteiger partial charge in [0.15, 0.2) is 17.4 Å². The van der Waals surface area contributed by atoms with Gasteiger partial charge < -0.3 is 12.3 Å². The van der Waals surface area contributed by atoms with Crippen LogP contribution in [0.2, 0.25) is 51.4 Å². The fourth-order valence-corrected chi connectivity index (χ4v) is 16.3. The minimum absolute atomic E-state index is 0.708. The van der Waals surface area contributed by atoms with Crippen LogP contribution in [0.3, 0.4) is 0 Å². The molecule has 1 fully saturated rings. The Morgan fingerprint density at radius 2 is 1.35 bits per heavy atom. The lowest BCUT2D eigenvalue weighted by molar-refractivity contribution is 0.321. The Morgan fingerprint density at radius 3 is 1.80 bits per heavy atom. The van der Waals surface area contributed by atoms with Gasteiger partial charge in [0.1, 0.15) is 0 Å². The fourth-order valence-electron chi connectivity index (χ4n) is 2.85. The SMILES string of the molecule is C[SiH](C)O[Si](C)(C)O[SiH](O[Si](C)(C)C)C1CCCCC1. The van der Waals surface area contributed by atoms with Gasteiger partial charge in [0.2, 0.25) is 0 Å². The number of hydrogen-bond acceptors (Lipinski definition) is 3. The molecule has 0 radical (unpaired) electrons. The monoisotopic (exact) mass is 350 g/mol. The van der Waals surface area contributed by atoms with Crippen LogP contribution in [0.5, 0.6) is 0 Å². The largest absolute Gasteiger partial charge is 0.440 e. The van der Waals surface area contributed by atoms with Crippen molar-refractivity contribution in [3.63, 3.8) is 0 Å². The standard InChI is InChI=1S/C13H34O3Si4/c1-17(2)14-20(6,7)16-18(15-19(3,4)5)13-11-9-8-10-12-13/h13,17-18H,8-12H2,1-7H3. The van der Waals surface area contributed by atoms with Crippen LogP contribution in [0.25, 0.3) is 0 Å². The van der Waals surface area contributed by atoms with Crippen LogP contribution >= 0.6 is 0 Å². The van der Waals surface area contributed by atoms with Gasteiger partial charge in [-0.05, 0) is 64.2 Å². The molecule has 1 unspecified atom stereocenters. The fraction of sp³-hybridized carbons (Fsp3) is 1.00. The summed E-state index contributed by atoms with van der Waals surface area (Å²) in [5, 5.41) is 0. The van der Waals surface area contributed by atoms with E-state index in [1.54, 1.807) is 0 Å². The van der Waals surface area contributed by atoms with E-state index < -0.39 is 35.2 Å². The zero-order valence-corrected chi connectivity index (χ0v) is 18.8. The van der Waals surface area contributed by atoms with Gasteiger partial charge in [-0.1, -0.05) is 19.3 Å². The maximum absolute atomic E-state index is 6.57. The summed E-state index contributed by atoms with van der Waals surface area (Å²) >= 11 is 0. The first-order chi connectivity index (χ1) is 9.09. The van der Waals surface area contributed by atoms with Crippen molar-refractivity contribution in [1.82, 2.24) is 0 Å². The lowest BCUT2D eigenvalue weighted by atomic mass is 10.0. The van der Waals surface area contributed by atoms with Crippen molar-refractivity contribution in [3.05, 3.63) is 0 Å². The van der Waals surface area contributed by atoms with Gasteiger partial charge >= 0.3 is 17.8 Å². The smallest absolute Gasteiger partial charge is 0.312 e. The molecule has 0 aromatic rings. The topological polar surface area (TPSA) is 27.7 Å². The number of hydrogen-bond donors (Lipinski definition) is 0. The van der Waals surface area contributed by atoms with Crippen molar-refractivity contribution in [2.24, 2.45) is 0 Å². The molecule has 0 spiro atoms. The van der Waals surface area contributed by atoms with E-state index in [4.69, 9.17) is 12.3 Å². The molecule has 0 saturated heterocycles. The van der Waals surface area contributed by atoms with Crippen molar-refractivity contribution in [2.45, 2.75) is 83.5 Å². The Kier molecular flexibility index (Phi) is 7.37. The lowest BCUT2D eigenvalue weighted by Gasteiger charge is -2.38. The molecular formula is C13H34O3Si4. The highest BCUT2D eigenvalue weighted by Crippen LogP contribution is 2.34. The molecule has 1 aliphatic carbocycles. The average molecular weight is 351 g/mol. The molecule has 20 heavy (non-hydrogen) atoms. The van der Waals surface area contributed by atoms with Gasteiger partial charge in [-0.2, -0.15) is 0 Å². The minimum Gasteiger partial charge on any atom is -0.440 e. The van der Waals surface area contributed by atoms with Gasteiger partial charge in [-0.3, -0.25) is 0 Å². The zero-order chi connectivity index (χ0) is 15.4. The van der Waals surface area contributed by atoms with Gasteiger partial charge in [0.25, 0.3) is 0 Å². The van der Waals surface area contributed by atoms with Crippen LogP contribution in [0.15, 0.2) is 0 Å². The van der Waals surface area contributed by atoms with Crippen molar-refractivity contribution in [3.8, 4) is 0 Å². The van der Waals surface area contributed by atoms with Gasteiger partial charge in [0.05, 0.1) is 0 Å². The van der Waals surface area contributed by atoms with E-state index in [9.17, 15) is 0 Å². The van der Waals surface area contributed by atoms with Crippen LogP contribution in [-0.4, -0.2) is 35.2 Å². The molecule has 7 heteroatoms. The summed E-state index contributed by atoms with van der Waals surface area (Å²) in [6, 6.07) is 0. The Labute approximate surface area is 131 Å². The highest BCUT2D eigenvalue weighted by Gasteiger charge is 2.38. The molecule has 1 saturated carbocycles. The zero-order valence-electron chi connectivity index (χ0n) is 14.5. The molecule has 1 rings (SSSR count). The molecular weight excluding hydrogens is 316 g/mol. The highest BCUT2D eigenvalue weighted by atomic mass is 28.5. The van der Waals surface area contributed by atoms with E-state index in [0.717, 1.165) is 0 Å². The summed E-state index contributed by atoms with van der Waals surface area (Å²) in [5.74, 6) is 0. The Balaban J connectivity index is 2.70. The molecule has 3 nitrogen and oxygen atoms in total. The average Bonchev–Trinajstić information content (AvgIpc) is 2.25. The third kappa shape index (κ3) is 7.67. The first kappa shape index (κ1) is 18.8. The van der Waals surface area contributed by atoms with E-state index in [1.165, 1.54) is 32.1 Å². The summed E-state index contributed by atoms with van der Waals surface area (Å²) in [4.78, 5) is 0. The second-order valence-electron chi connectivity index (χ2n) is 7.68. The van der Waals surface area contributed by atoms with Crippen LogP contribution < -0.4 is 0 Å². The van der Waals surface area contributed by atoms with Crippen LogP contribution in [0, 0.1) is 0 Å². The molecule has 0 aromatic heterocycles. The molecule has 0 amide bonds. The quantitative estimate of drug-likeness (QED) is 0.647. The Hall–Kier alpha value is 0.748. The molecule has 0 N–H and O–H groups in total. The predicted octanol–water partition coefficient (Wildman–Crippen LogP) is 4.11. The van der Waals surface area contributed by atoms with E-state index in [0.29, 0.717) is 5.54 Å². The maximum atomic E-state index is 6.57. The van der Waals surface area contributed by atoms with Crippen LogP contribution in [-0.2, 0) is 12.3 Å².